The summed E-state index contributed by atoms with van der Waals surface area (Å²) in [6.45, 7) is -0.393. The third kappa shape index (κ3) is 4.88. The predicted molar refractivity (Wildman–Crippen MR) is 63.6 cm³/mol. The molecule has 106 valence electrons. The Bertz CT molecular complexity index is 418. The molecule has 0 aliphatic rings. The maximum absolute atomic E-state index is 12.0. The fraction of sp³-hybridized carbons (Fsp3) is 0.417. The molecule has 1 rings (SSSR count). The number of alkyl halides is 3. The minimum Gasteiger partial charge on any atom is -0.382 e. The van der Waals surface area contributed by atoms with Crippen LogP contribution in [0.25, 0.3) is 0 Å². The van der Waals surface area contributed by atoms with Gasteiger partial charge in [0.25, 0.3) is 5.91 Å². The number of rotatable bonds is 5. The first-order valence-corrected chi connectivity index (χ1v) is 5.66. The zero-order chi connectivity index (χ0) is 14.5. The Morgan fingerprint density at radius 3 is 2.37 bits per heavy atom. The predicted octanol–water partition coefficient (Wildman–Crippen LogP) is 0.841. The van der Waals surface area contributed by atoms with Crippen LogP contribution in [-0.4, -0.2) is 36.4 Å². The van der Waals surface area contributed by atoms with Gasteiger partial charge in [0, 0.05) is 5.56 Å². The topological polar surface area (TPSA) is 75.4 Å². The molecular formula is C12H15F3N2O2. The minimum atomic E-state index is -4.74. The molecule has 0 spiro atoms. The standard InChI is InChI=1S/C12H15F3N2O2/c13-12(14,15)10(18)7-17-11(19)9-3-1-8(2-4-9)5-6-16/h1-4,10,18H,5-7,16H2,(H,17,19). The van der Waals surface area contributed by atoms with Gasteiger partial charge in [-0.15, -0.1) is 0 Å². The van der Waals surface area contributed by atoms with Crippen molar-refractivity contribution in [3.63, 3.8) is 0 Å². The van der Waals surface area contributed by atoms with E-state index in [4.69, 9.17) is 10.8 Å². The van der Waals surface area contributed by atoms with Crippen molar-refractivity contribution in [2.75, 3.05) is 13.1 Å². The number of carbonyl (C=O) groups is 1. The van der Waals surface area contributed by atoms with Gasteiger partial charge in [0.2, 0.25) is 0 Å². The van der Waals surface area contributed by atoms with Crippen LogP contribution in [0.3, 0.4) is 0 Å². The van der Waals surface area contributed by atoms with Crippen LogP contribution in [0, 0.1) is 0 Å². The van der Waals surface area contributed by atoms with Crippen molar-refractivity contribution in [3.05, 3.63) is 35.4 Å². The lowest BCUT2D eigenvalue weighted by atomic mass is 10.1. The summed E-state index contributed by atoms with van der Waals surface area (Å²) >= 11 is 0. The number of carbonyl (C=O) groups excluding carboxylic acids is 1. The van der Waals surface area contributed by atoms with Crippen LogP contribution in [0.15, 0.2) is 24.3 Å². The molecule has 0 bridgehead atoms. The Morgan fingerprint density at radius 1 is 1.32 bits per heavy atom. The van der Waals surface area contributed by atoms with Gasteiger partial charge < -0.3 is 16.2 Å². The summed E-state index contributed by atoms with van der Waals surface area (Å²) in [7, 11) is 0. The summed E-state index contributed by atoms with van der Waals surface area (Å²) in [4.78, 5) is 11.5. The number of amides is 1. The molecule has 0 aromatic heterocycles. The molecule has 0 aliphatic heterocycles. The fourth-order valence-electron chi connectivity index (χ4n) is 1.40. The van der Waals surface area contributed by atoms with Crippen LogP contribution in [0.4, 0.5) is 13.2 Å². The Hall–Kier alpha value is -1.60. The van der Waals surface area contributed by atoms with Crippen molar-refractivity contribution >= 4 is 5.91 Å². The van der Waals surface area contributed by atoms with E-state index in [1.165, 1.54) is 12.1 Å². The third-order valence-electron chi connectivity index (χ3n) is 2.48. The number of hydrogen-bond acceptors (Lipinski definition) is 3. The maximum Gasteiger partial charge on any atom is 0.416 e. The van der Waals surface area contributed by atoms with E-state index < -0.39 is 24.7 Å². The zero-order valence-electron chi connectivity index (χ0n) is 10.1. The van der Waals surface area contributed by atoms with Gasteiger partial charge in [-0.2, -0.15) is 13.2 Å². The van der Waals surface area contributed by atoms with E-state index in [9.17, 15) is 18.0 Å². The summed E-state index contributed by atoms with van der Waals surface area (Å²) in [6, 6.07) is 6.37. The van der Waals surface area contributed by atoms with E-state index in [2.05, 4.69) is 0 Å². The Kier molecular flexibility index (Phi) is 5.31. The smallest absolute Gasteiger partial charge is 0.382 e. The number of hydrogen-bond donors (Lipinski definition) is 3. The highest BCUT2D eigenvalue weighted by atomic mass is 19.4. The lowest BCUT2D eigenvalue weighted by Gasteiger charge is -2.15. The Morgan fingerprint density at radius 2 is 1.89 bits per heavy atom. The SMILES string of the molecule is NCCc1ccc(C(=O)NCC(O)C(F)(F)F)cc1. The van der Waals surface area contributed by atoms with E-state index in [-0.39, 0.29) is 5.56 Å². The van der Waals surface area contributed by atoms with Gasteiger partial charge in [-0.05, 0) is 30.7 Å². The molecule has 0 heterocycles. The van der Waals surface area contributed by atoms with Crippen LogP contribution in [-0.2, 0) is 6.42 Å². The normalized spacial score (nSPS) is 13.1. The molecule has 0 radical (unpaired) electrons. The molecule has 1 aromatic carbocycles. The lowest BCUT2D eigenvalue weighted by Crippen LogP contribution is -2.40. The van der Waals surface area contributed by atoms with Crippen LogP contribution >= 0.6 is 0 Å². The zero-order valence-corrected chi connectivity index (χ0v) is 10.1. The molecule has 0 fully saturated rings. The molecule has 19 heavy (non-hydrogen) atoms. The molecule has 0 saturated heterocycles. The monoisotopic (exact) mass is 276 g/mol. The molecule has 1 aromatic rings. The lowest BCUT2D eigenvalue weighted by molar-refractivity contribution is -0.201. The number of nitrogens with one attached hydrogen (secondary N) is 1. The summed E-state index contributed by atoms with van der Waals surface area (Å²) in [5, 5.41) is 10.8. The van der Waals surface area contributed by atoms with Crippen molar-refractivity contribution in [2.45, 2.75) is 18.7 Å². The van der Waals surface area contributed by atoms with Gasteiger partial charge in [-0.25, -0.2) is 0 Å². The highest BCUT2D eigenvalue weighted by Crippen LogP contribution is 2.19. The summed E-state index contributed by atoms with van der Waals surface area (Å²) < 4.78 is 36.1. The molecule has 4 N–H and O–H groups in total. The average Bonchev–Trinajstić information content (AvgIpc) is 2.35. The van der Waals surface area contributed by atoms with E-state index >= 15 is 0 Å². The van der Waals surface area contributed by atoms with E-state index in [1.807, 2.05) is 5.32 Å². The molecular weight excluding hydrogens is 261 g/mol. The van der Waals surface area contributed by atoms with Crippen LogP contribution in [0.2, 0.25) is 0 Å². The van der Waals surface area contributed by atoms with Crippen molar-refractivity contribution in [2.24, 2.45) is 5.73 Å². The Balaban J connectivity index is 2.54. The third-order valence-corrected chi connectivity index (χ3v) is 2.48. The highest BCUT2D eigenvalue weighted by molar-refractivity contribution is 5.94. The van der Waals surface area contributed by atoms with E-state index in [1.54, 1.807) is 12.1 Å². The summed E-state index contributed by atoms with van der Waals surface area (Å²) in [5.41, 5.74) is 6.54. The summed E-state index contributed by atoms with van der Waals surface area (Å²) in [6.07, 6.45) is -6.64. The van der Waals surface area contributed by atoms with Crippen molar-refractivity contribution < 1.29 is 23.1 Å². The van der Waals surface area contributed by atoms with Crippen molar-refractivity contribution in [1.82, 2.24) is 5.32 Å². The number of nitrogens with two attached hydrogens (primary N) is 1. The fourth-order valence-corrected chi connectivity index (χ4v) is 1.40. The first-order chi connectivity index (χ1) is 8.84. The van der Waals surface area contributed by atoms with Crippen molar-refractivity contribution in [3.8, 4) is 0 Å². The van der Waals surface area contributed by atoms with E-state index in [0.717, 1.165) is 5.56 Å². The Labute approximate surface area is 108 Å². The van der Waals surface area contributed by atoms with Gasteiger partial charge in [0.05, 0.1) is 6.54 Å². The quantitative estimate of drug-likeness (QED) is 0.746. The van der Waals surface area contributed by atoms with E-state index in [0.29, 0.717) is 13.0 Å². The second-order valence-corrected chi connectivity index (χ2v) is 4.00. The molecule has 1 atom stereocenters. The van der Waals surface area contributed by atoms with Crippen molar-refractivity contribution in [1.29, 1.82) is 0 Å². The number of aliphatic hydroxyl groups excluding tert-OH is 1. The molecule has 0 aliphatic carbocycles. The largest absolute Gasteiger partial charge is 0.416 e. The number of aliphatic hydroxyl groups is 1. The second-order valence-electron chi connectivity index (χ2n) is 4.00. The van der Waals surface area contributed by atoms with Crippen LogP contribution in [0.1, 0.15) is 15.9 Å². The first-order valence-electron chi connectivity index (χ1n) is 5.66. The number of halogens is 3. The van der Waals surface area contributed by atoms with Gasteiger partial charge >= 0.3 is 6.18 Å². The second kappa shape index (κ2) is 6.53. The highest BCUT2D eigenvalue weighted by Gasteiger charge is 2.38. The number of benzene rings is 1. The van der Waals surface area contributed by atoms with Crippen LogP contribution < -0.4 is 11.1 Å². The molecule has 7 heteroatoms. The first kappa shape index (κ1) is 15.5. The maximum atomic E-state index is 12.0. The molecule has 1 amide bonds. The molecule has 4 nitrogen and oxygen atoms in total. The summed E-state index contributed by atoms with van der Waals surface area (Å²) in [5.74, 6) is -0.664. The minimum absolute atomic E-state index is 0.232. The van der Waals surface area contributed by atoms with Gasteiger partial charge in [-0.1, -0.05) is 12.1 Å². The molecule has 0 saturated carbocycles. The van der Waals surface area contributed by atoms with Gasteiger partial charge in [-0.3, -0.25) is 4.79 Å². The molecule has 1 unspecified atom stereocenters. The van der Waals surface area contributed by atoms with Gasteiger partial charge in [0.15, 0.2) is 6.10 Å². The average molecular weight is 276 g/mol. The van der Waals surface area contributed by atoms with Crippen LogP contribution in [0.5, 0.6) is 0 Å². The van der Waals surface area contributed by atoms with Gasteiger partial charge in [0.1, 0.15) is 0 Å².